The Morgan fingerprint density at radius 3 is 2.19 bits per heavy atom. The van der Waals surface area contributed by atoms with Crippen molar-refractivity contribution in [1.82, 2.24) is 10.2 Å². The van der Waals surface area contributed by atoms with Gasteiger partial charge in [0, 0.05) is 25.0 Å². The summed E-state index contributed by atoms with van der Waals surface area (Å²) in [5.41, 5.74) is 4.29. The lowest BCUT2D eigenvalue weighted by atomic mass is 9.80. The van der Waals surface area contributed by atoms with Gasteiger partial charge in [0.1, 0.15) is 0 Å². The van der Waals surface area contributed by atoms with Gasteiger partial charge in [-0.15, -0.1) is 0 Å². The van der Waals surface area contributed by atoms with Crippen LogP contribution in [0.3, 0.4) is 0 Å². The zero-order valence-electron chi connectivity index (χ0n) is 21.7. The van der Waals surface area contributed by atoms with Crippen molar-refractivity contribution in [1.29, 1.82) is 0 Å². The van der Waals surface area contributed by atoms with E-state index >= 15 is 0 Å². The van der Waals surface area contributed by atoms with Gasteiger partial charge in [0.05, 0.1) is 0 Å². The lowest BCUT2D eigenvalue weighted by Crippen LogP contribution is -2.42. The summed E-state index contributed by atoms with van der Waals surface area (Å²) < 4.78 is 0. The highest BCUT2D eigenvalue weighted by atomic mass is 15.1. The van der Waals surface area contributed by atoms with E-state index in [-0.39, 0.29) is 0 Å². The molecule has 0 radical (unpaired) electrons. The SMILES string of the molecule is C[C@@H](NCC1CCN(Cc2cccc3ccccc23)CC1c1ccccc1)c1cccc2ccccc12. The maximum absolute atomic E-state index is 3.93. The fraction of sp³-hybridized carbons (Fsp3) is 0.257. The van der Waals surface area contributed by atoms with Crippen LogP contribution in [0.4, 0.5) is 0 Å². The molecule has 0 amide bonds. The maximum Gasteiger partial charge on any atom is 0.0298 e. The van der Waals surface area contributed by atoms with Crippen molar-refractivity contribution in [2.45, 2.75) is 31.8 Å². The minimum Gasteiger partial charge on any atom is -0.310 e. The Morgan fingerprint density at radius 2 is 1.38 bits per heavy atom. The number of rotatable bonds is 7. The summed E-state index contributed by atoms with van der Waals surface area (Å²) in [5.74, 6) is 1.14. The Hall–Kier alpha value is -3.46. The molecule has 5 aromatic rings. The summed E-state index contributed by atoms with van der Waals surface area (Å²) in [6.07, 6.45) is 1.21. The fourth-order valence-corrected chi connectivity index (χ4v) is 6.27. The van der Waals surface area contributed by atoms with Gasteiger partial charge in [0.15, 0.2) is 0 Å². The zero-order valence-corrected chi connectivity index (χ0v) is 21.7. The average Bonchev–Trinajstić information content (AvgIpc) is 2.96. The second-order valence-corrected chi connectivity index (χ2v) is 10.6. The van der Waals surface area contributed by atoms with E-state index in [0.29, 0.717) is 17.9 Å². The highest BCUT2D eigenvalue weighted by Gasteiger charge is 2.30. The van der Waals surface area contributed by atoms with Gasteiger partial charge in [0.25, 0.3) is 0 Å². The third kappa shape index (κ3) is 5.18. The molecule has 1 aliphatic heterocycles. The third-order valence-corrected chi connectivity index (χ3v) is 8.32. The number of piperidine rings is 1. The van der Waals surface area contributed by atoms with Crippen LogP contribution in [0.5, 0.6) is 0 Å². The van der Waals surface area contributed by atoms with E-state index in [1.54, 1.807) is 0 Å². The van der Waals surface area contributed by atoms with Gasteiger partial charge in [-0.1, -0.05) is 115 Å². The zero-order chi connectivity index (χ0) is 25.0. The molecule has 1 heterocycles. The molecule has 186 valence electrons. The number of fused-ring (bicyclic) bond motifs is 2. The predicted octanol–water partition coefficient (Wildman–Crippen LogP) is 7.95. The van der Waals surface area contributed by atoms with Gasteiger partial charge in [-0.25, -0.2) is 0 Å². The molecule has 2 nitrogen and oxygen atoms in total. The number of likely N-dealkylation sites (tertiary alicyclic amines) is 1. The second kappa shape index (κ2) is 10.9. The molecule has 2 unspecified atom stereocenters. The quantitative estimate of drug-likeness (QED) is 0.252. The van der Waals surface area contributed by atoms with Gasteiger partial charge >= 0.3 is 0 Å². The van der Waals surface area contributed by atoms with Crippen molar-refractivity contribution < 1.29 is 0 Å². The summed E-state index contributed by atoms with van der Waals surface area (Å²) >= 11 is 0. The molecule has 1 N–H and O–H groups in total. The van der Waals surface area contributed by atoms with Crippen LogP contribution >= 0.6 is 0 Å². The molecular formula is C35H36N2. The van der Waals surface area contributed by atoms with Crippen molar-refractivity contribution >= 4 is 21.5 Å². The highest BCUT2D eigenvalue weighted by molar-refractivity contribution is 5.86. The Labute approximate surface area is 220 Å². The number of nitrogens with zero attached hydrogens (tertiary/aromatic N) is 1. The van der Waals surface area contributed by atoms with E-state index in [0.717, 1.165) is 26.2 Å². The molecule has 0 aliphatic carbocycles. The lowest BCUT2D eigenvalue weighted by Gasteiger charge is -2.40. The van der Waals surface area contributed by atoms with E-state index in [4.69, 9.17) is 0 Å². The van der Waals surface area contributed by atoms with E-state index < -0.39 is 0 Å². The average molecular weight is 485 g/mol. The van der Waals surface area contributed by atoms with Crippen LogP contribution in [-0.4, -0.2) is 24.5 Å². The van der Waals surface area contributed by atoms with Crippen LogP contribution < -0.4 is 5.32 Å². The summed E-state index contributed by atoms with van der Waals surface area (Å²) in [7, 11) is 0. The van der Waals surface area contributed by atoms with Crippen molar-refractivity contribution in [2.75, 3.05) is 19.6 Å². The minimum atomic E-state index is 0.316. The maximum atomic E-state index is 3.93. The number of nitrogens with one attached hydrogen (secondary N) is 1. The van der Waals surface area contributed by atoms with Gasteiger partial charge in [-0.3, -0.25) is 4.90 Å². The van der Waals surface area contributed by atoms with Crippen LogP contribution in [-0.2, 0) is 6.54 Å². The van der Waals surface area contributed by atoms with Gasteiger partial charge < -0.3 is 5.32 Å². The van der Waals surface area contributed by atoms with Crippen molar-refractivity contribution in [3.05, 3.63) is 132 Å². The normalized spacial score (nSPS) is 19.3. The monoisotopic (exact) mass is 484 g/mol. The molecule has 3 atom stereocenters. The van der Waals surface area contributed by atoms with Crippen LogP contribution in [0, 0.1) is 5.92 Å². The van der Waals surface area contributed by atoms with Crippen molar-refractivity contribution in [2.24, 2.45) is 5.92 Å². The van der Waals surface area contributed by atoms with Crippen LogP contribution in [0.15, 0.2) is 115 Å². The van der Waals surface area contributed by atoms with Gasteiger partial charge in [-0.05, 0) is 70.6 Å². The van der Waals surface area contributed by atoms with Crippen molar-refractivity contribution in [3.8, 4) is 0 Å². The molecule has 5 aromatic carbocycles. The molecule has 37 heavy (non-hydrogen) atoms. The molecule has 2 heteroatoms. The summed E-state index contributed by atoms with van der Waals surface area (Å²) in [6.45, 7) is 6.60. The number of benzene rings is 5. The van der Waals surface area contributed by atoms with E-state index in [9.17, 15) is 0 Å². The molecule has 0 bridgehead atoms. The Balaban J connectivity index is 1.19. The first kappa shape index (κ1) is 23.9. The number of hydrogen-bond acceptors (Lipinski definition) is 2. The van der Waals surface area contributed by atoms with Crippen LogP contribution in [0.25, 0.3) is 21.5 Å². The van der Waals surface area contributed by atoms with Crippen molar-refractivity contribution in [3.63, 3.8) is 0 Å². The minimum absolute atomic E-state index is 0.316. The Morgan fingerprint density at radius 1 is 0.730 bits per heavy atom. The molecule has 1 saturated heterocycles. The molecule has 1 fully saturated rings. The molecular weight excluding hydrogens is 448 g/mol. The first-order chi connectivity index (χ1) is 18.3. The smallest absolute Gasteiger partial charge is 0.0298 e. The Bertz CT molecular complexity index is 1460. The standard InChI is InChI=1S/C35H36N2/c1-26(32-20-10-16-28-14-6-8-19-34(28)32)36-23-30-21-22-37(25-35(30)29-11-3-2-4-12-29)24-31-17-9-15-27-13-5-7-18-33(27)31/h2-20,26,30,35-36H,21-25H2,1H3/t26-,30?,35?/m1/s1. The van der Waals surface area contributed by atoms with Gasteiger partial charge in [-0.2, -0.15) is 0 Å². The summed E-state index contributed by atoms with van der Waals surface area (Å²) in [4.78, 5) is 2.67. The van der Waals surface area contributed by atoms with Crippen LogP contribution in [0.1, 0.15) is 42.0 Å². The highest BCUT2D eigenvalue weighted by Crippen LogP contribution is 2.34. The molecule has 1 aliphatic rings. The van der Waals surface area contributed by atoms with Crippen LogP contribution in [0.2, 0.25) is 0 Å². The number of hydrogen-bond donors (Lipinski definition) is 1. The third-order valence-electron chi connectivity index (χ3n) is 8.32. The molecule has 0 aromatic heterocycles. The van der Waals surface area contributed by atoms with E-state index in [2.05, 4.69) is 132 Å². The first-order valence-corrected chi connectivity index (χ1v) is 13.7. The second-order valence-electron chi connectivity index (χ2n) is 10.6. The lowest BCUT2D eigenvalue weighted by molar-refractivity contribution is 0.149. The topological polar surface area (TPSA) is 15.3 Å². The molecule has 6 rings (SSSR count). The molecule has 0 spiro atoms. The molecule has 0 saturated carbocycles. The Kier molecular flexibility index (Phi) is 7.03. The predicted molar refractivity (Wildman–Crippen MR) is 157 cm³/mol. The van der Waals surface area contributed by atoms with E-state index in [1.807, 2.05) is 0 Å². The fourth-order valence-electron chi connectivity index (χ4n) is 6.27. The van der Waals surface area contributed by atoms with E-state index in [1.165, 1.54) is 44.7 Å². The van der Waals surface area contributed by atoms with Gasteiger partial charge in [0.2, 0.25) is 0 Å². The largest absolute Gasteiger partial charge is 0.310 e. The summed E-state index contributed by atoms with van der Waals surface area (Å²) in [5, 5.41) is 9.32. The first-order valence-electron chi connectivity index (χ1n) is 13.7. The summed E-state index contributed by atoms with van der Waals surface area (Å²) in [6, 6.07) is 42.4.